The second-order valence-corrected chi connectivity index (χ2v) is 5.62. The maximum absolute atomic E-state index is 10.8. The van der Waals surface area contributed by atoms with E-state index < -0.39 is 10.2 Å². The Bertz CT molecular complexity index is 475. The molecule has 3 N–H and O–H groups in total. The van der Waals surface area contributed by atoms with E-state index in [0.29, 0.717) is 20.4 Å². The van der Waals surface area contributed by atoms with E-state index in [-0.39, 0.29) is 0 Å². The third-order valence-electron chi connectivity index (χ3n) is 1.49. The van der Waals surface area contributed by atoms with Crippen molar-refractivity contribution in [3.05, 3.63) is 21.1 Å². The molecule has 0 heterocycles. The molecule has 5 nitrogen and oxygen atoms in total. The molecule has 1 rings (SSSR count). The van der Waals surface area contributed by atoms with E-state index in [1.807, 2.05) is 0 Å². The molecule has 0 fully saturated rings. The normalized spacial score (nSPS) is 11.2. The predicted molar refractivity (Wildman–Crippen MR) is 65.1 cm³/mol. The molecule has 0 atom stereocenters. The third kappa shape index (κ3) is 3.63. The van der Waals surface area contributed by atoms with E-state index in [0.717, 1.165) is 0 Å². The van der Waals surface area contributed by atoms with Gasteiger partial charge in [-0.15, -0.1) is 0 Å². The first-order valence-corrected chi connectivity index (χ1v) is 6.80. The molecule has 15 heavy (non-hydrogen) atoms. The van der Waals surface area contributed by atoms with Gasteiger partial charge in [0.05, 0.1) is 17.3 Å². The summed E-state index contributed by atoms with van der Waals surface area (Å²) in [5.41, 5.74) is 0.317. The standard InChI is InChI=1S/C7H8Br2N2O3S/c1-14-7-3-6(11-15(10,12)13)4(8)2-5(7)9/h2-3,11H,1H3,(H2,10,12,13). The second kappa shape index (κ2) is 4.69. The van der Waals surface area contributed by atoms with E-state index in [1.54, 1.807) is 6.07 Å². The van der Waals surface area contributed by atoms with Gasteiger partial charge in [0, 0.05) is 10.5 Å². The van der Waals surface area contributed by atoms with Crippen LogP contribution in [0, 0.1) is 0 Å². The van der Waals surface area contributed by atoms with Gasteiger partial charge >= 0.3 is 0 Å². The number of nitrogens with two attached hydrogens (primary N) is 1. The van der Waals surface area contributed by atoms with E-state index in [9.17, 15) is 8.42 Å². The lowest BCUT2D eigenvalue weighted by molar-refractivity contribution is 0.412. The van der Waals surface area contributed by atoms with E-state index >= 15 is 0 Å². The highest BCUT2D eigenvalue weighted by Crippen LogP contribution is 2.34. The number of nitrogens with one attached hydrogen (secondary N) is 1. The van der Waals surface area contributed by atoms with Gasteiger partial charge in [-0.05, 0) is 37.9 Å². The number of halogens is 2. The fraction of sp³-hybridized carbons (Fsp3) is 0.143. The number of hydrogen-bond acceptors (Lipinski definition) is 3. The summed E-state index contributed by atoms with van der Waals surface area (Å²) in [6, 6.07) is 3.17. The minimum absolute atomic E-state index is 0.317. The van der Waals surface area contributed by atoms with Crippen molar-refractivity contribution in [1.29, 1.82) is 0 Å². The van der Waals surface area contributed by atoms with E-state index in [2.05, 4.69) is 36.6 Å². The molecule has 0 radical (unpaired) electrons. The van der Waals surface area contributed by atoms with Crippen molar-refractivity contribution in [2.75, 3.05) is 11.8 Å². The highest BCUT2D eigenvalue weighted by molar-refractivity contribution is 9.11. The van der Waals surface area contributed by atoms with Crippen molar-refractivity contribution < 1.29 is 13.2 Å². The Hall–Kier alpha value is -0.310. The zero-order chi connectivity index (χ0) is 11.6. The summed E-state index contributed by atoms with van der Waals surface area (Å²) in [6.45, 7) is 0. The van der Waals surface area contributed by atoms with Crippen LogP contribution < -0.4 is 14.6 Å². The Morgan fingerprint density at radius 1 is 1.33 bits per heavy atom. The SMILES string of the molecule is COc1cc(NS(N)(=O)=O)c(Br)cc1Br. The Balaban J connectivity index is 3.19. The molecule has 0 saturated heterocycles. The van der Waals surface area contributed by atoms with Crippen molar-refractivity contribution >= 4 is 47.8 Å². The monoisotopic (exact) mass is 358 g/mol. The smallest absolute Gasteiger partial charge is 0.296 e. The zero-order valence-corrected chi connectivity index (χ0v) is 11.6. The van der Waals surface area contributed by atoms with Gasteiger partial charge in [-0.1, -0.05) is 0 Å². The van der Waals surface area contributed by atoms with Gasteiger partial charge in [0.2, 0.25) is 0 Å². The summed E-state index contributed by atoms with van der Waals surface area (Å²) in [5.74, 6) is 0.504. The molecule has 0 saturated carbocycles. The van der Waals surface area contributed by atoms with Crippen LogP contribution in [0.1, 0.15) is 0 Å². The molecule has 0 aromatic heterocycles. The highest BCUT2D eigenvalue weighted by atomic mass is 79.9. The summed E-state index contributed by atoms with van der Waals surface area (Å²) in [5, 5.41) is 4.85. The van der Waals surface area contributed by atoms with Crippen LogP contribution in [0.25, 0.3) is 0 Å². The lowest BCUT2D eigenvalue weighted by Gasteiger charge is -2.09. The van der Waals surface area contributed by atoms with Gasteiger partial charge < -0.3 is 4.74 Å². The molecular formula is C7H8Br2N2O3S. The molecular weight excluding hydrogens is 352 g/mol. The molecule has 0 aliphatic rings. The van der Waals surface area contributed by atoms with Gasteiger partial charge in [0.15, 0.2) is 0 Å². The summed E-state index contributed by atoms with van der Waals surface area (Å²) in [7, 11) is -2.31. The first-order valence-electron chi connectivity index (χ1n) is 3.67. The first-order chi connectivity index (χ1) is 6.83. The van der Waals surface area contributed by atoms with Crippen LogP contribution >= 0.6 is 31.9 Å². The van der Waals surface area contributed by atoms with Crippen LogP contribution in [-0.4, -0.2) is 15.5 Å². The molecule has 1 aromatic carbocycles. The van der Waals surface area contributed by atoms with Crippen LogP contribution in [0.5, 0.6) is 5.75 Å². The van der Waals surface area contributed by atoms with Crippen LogP contribution in [0.4, 0.5) is 5.69 Å². The largest absolute Gasteiger partial charge is 0.495 e. The maximum atomic E-state index is 10.8. The lowest BCUT2D eigenvalue weighted by Crippen LogP contribution is -2.21. The Kier molecular flexibility index (Phi) is 3.99. The second-order valence-electron chi connectivity index (χ2n) is 2.61. The molecule has 1 aromatic rings. The van der Waals surface area contributed by atoms with Crippen molar-refractivity contribution in [3.63, 3.8) is 0 Å². The van der Waals surface area contributed by atoms with Crippen LogP contribution in [-0.2, 0) is 10.2 Å². The van der Waals surface area contributed by atoms with Gasteiger partial charge in [-0.2, -0.15) is 8.42 Å². The van der Waals surface area contributed by atoms with Gasteiger partial charge in [0.25, 0.3) is 10.2 Å². The third-order valence-corrected chi connectivity index (χ3v) is 3.27. The summed E-state index contributed by atoms with van der Waals surface area (Å²) in [4.78, 5) is 0. The van der Waals surface area contributed by atoms with Gasteiger partial charge in [0.1, 0.15) is 5.75 Å². The van der Waals surface area contributed by atoms with Gasteiger partial charge in [-0.3, -0.25) is 4.72 Å². The lowest BCUT2D eigenvalue weighted by atomic mass is 10.3. The topological polar surface area (TPSA) is 81.4 Å². The Morgan fingerprint density at radius 3 is 2.40 bits per heavy atom. The molecule has 0 bridgehead atoms. The molecule has 0 aliphatic heterocycles. The van der Waals surface area contributed by atoms with E-state index in [1.165, 1.54) is 13.2 Å². The van der Waals surface area contributed by atoms with Crippen LogP contribution in [0.3, 0.4) is 0 Å². The zero-order valence-electron chi connectivity index (χ0n) is 7.62. The van der Waals surface area contributed by atoms with Crippen molar-refractivity contribution in [2.24, 2.45) is 5.14 Å². The number of ether oxygens (including phenoxy) is 1. The Morgan fingerprint density at radius 2 is 1.93 bits per heavy atom. The fourth-order valence-electron chi connectivity index (χ4n) is 0.917. The number of methoxy groups -OCH3 is 1. The molecule has 0 spiro atoms. The number of hydrogen-bond donors (Lipinski definition) is 2. The molecule has 0 unspecified atom stereocenters. The van der Waals surface area contributed by atoms with Crippen LogP contribution in [0.2, 0.25) is 0 Å². The van der Waals surface area contributed by atoms with E-state index in [4.69, 9.17) is 9.88 Å². The quantitative estimate of drug-likeness (QED) is 0.863. The number of benzene rings is 1. The first kappa shape index (κ1) is 12.8. The molecule has 8 heteroatoms. The molecule has 0 amide bonds. The Labute approximate surface area is 104 Å². The van der Waals surface area contributed by atoms with Gasteiger partial charge in [-0.25, -0.2) is 5.14 Å². The number of rotatable bonds is 3. The average molecular weight is 360 g/mol. The maximum Gasteiger partial charge on any atom is 0.296 e. The van der Waals surface area contributed by atoms with Crippen LogP contribution in [0.15, 0.2) is 21.1 Å². The van der Waals surface area contributed by atoms with Crippen molar-refractivity contribution in [2.45, 2.75) is 0 Å². The predicted octanol–water partition coefficient (Wildman–Crippen LogP) is 1.84. The fourth-order valence-corrected chi connectivity index (χ4v) is 2.78. The molecule has 84 valence electrons. The minimum Gasteiger partial charge on any atom is -0.495 e. The van der Waals surface area contributed by atoms with Crippen molar-refractivity contribution in [3.8, 4) is 5.75 Å². The summed E-state index contributed by atoms with van der Waals surface area (Å²) in [6.07, 6.45) is 0. The molecule has 0 aliphatic carbocycles. The van der Waals surface area contributed by atoms with Crippen molar-refractivity contribution in [1.82, 2.24) is 0 Å². The summed E-state index contributed by atoms with van der Waals surface area (Å²) >= 11 is 6.45. The number of anilines is 1. The minimum atomic E-state index is -3.79. The average Bonchev–Trinajstić information content (AvgIpc) is 2.07. The highest BCUT2D eigenvalue weighted by Gasteiger charge is 2.10. The summed E-state index contributed by atoms with van der Waals surface area (Å²) < 4.78 is 30.1.